The number of guanidine groups is 1. The maximum atomic E-state index is 13.8. The lowest BCUT2D eigenvalue weighted by molar-refractivity contribution is 0.604. The molecule has 1 aromatic heterocycles. The maximum Gasteiger partial charge on any atom is 0.191 e. The Morgan fingerprint density at radius 2 is 1.92 bits per heavy atom. The summed E-state index contributed by atoms with van der Waals surface area (Å²) in [5, 5.41) is 15.0. The molecule has 0 unspecified atom stereocenters. The summed E-state index contributed by atoms with van der Waals surface area (Å²) in [6, 6.07) is 10.6. The molecule has 0 saturated heterocycles. The van der Waals surface area contributed by atoms with Gasteiger partial charge in [0.25, 0.3) is 0 Å². The van der Waals surface area contributed by atoms with Crippen molar-refractivity contribution in [2.24, 2.45) is 4.99 Å². The first kappa shape index (κ1) is 20.4. The lowest BCUT2D eigenvalue weighted by Gasteiger charge is -2.11. The van der Waals surface area contributed by atoms with Crippen LogP contribution in [-0.2, 0) is 19.5 Å². The van der Waals surface area contributed by atoms with Crippen molar-refractivity contribution in [2.75, 3.05) is 7.05 Å². The van der Waals surface area contributed by atoms with Crippen molar-refractivity contribution in [1.82, 2.24) is 10.6 Å². The highest BCUT2D eigenvalue weighted by Gasteiger charge is 2.05. The van der Waals surface area contributed by atoms with E-state index in [1.165, 1.54) is 15.8 Å². The molecule has 1 aromatic carbocycles. The van der Waals surface area contributed by atoms with Crippen molar-refractivity contribution >= 4 is 41.3 Å². The van der Waals surface area contributed by atoms with Crippen molar-refractivity contribution in [1.29, 1.82) is 5.26 Å². The number of rotatable bonds is 5. The molecule has 0 aliphatic heterocycles. The Kier molecular flexibility index (Phi) is 8.71. The minimum atomic E-state index is -0.391. The van der Waals surface area contributed by atoms with Gasteiger partial charge in [-0.3, -0.25) is 4.99 Å². The van der Waals surface area contributed by atoms with Gasteiger partial charge in [0.05, 0.1) is 18.2 Å². The van der Waals surface area contributed by atoms with E-state index >= 15 is 0 Å². The zero-order valence-corrected chi connectivity index (χ0v) is 16.7. The lowest BCUT2D eigenvalue weighted by atomic mass is 10.1. The van der Waals surface area contributed by atoms with Crippen LogP contribution in [0, 0.1) is 17.1 Å². The highest BCUT2D eigenvalue weighted by Crippen LogP contribution is 2.16. The molecule has 2 N–H and O–H groups in total. The Labute approximate surface area is 162 Å². The summed E-state index contributed by atoms with van der Waals surface area (Å²) < 4.78 is 13.8. The molecule has 24 heavy (non-hydrogen) atoms. The van der Waals surface area contributed by atoms with Gasteiger partial charge in [-0.05, 0) is 30.7 Å². The van der Waals surface area contributed by atoms with Crippen LogP contribution < -0.4 is 10.6 Å². The third-order valence-electron chi connectivity index (χ3n) is 3.35. The van der Waals surface area contributed by atoms with Crippen LogP contribution >= 0.6 is 35.3 Å². The standard InChI is InChI=1S/C17H19FN4S.HI/c1-3-14-6-7-15(23-14)11-22-17(20-2)21-10-13-5-4-12(9-19)8-16(13)18;/h4-8H,3,10-11H2,1-2H3,(H2,20,21,22);1H. The number of nitriles is 1. The molecule has 0 aliphatic rings. The van der Waals surface area contributed by atoms with Crippen LogP contribution in [0.3, 0.4) is 0 Å². The molecule has 0 spiro atoms. The highest BCUT2D eigenvalue weighted by molar-refractivity contribution is 14.0. The predicted molar refractivity (Wildman–Crippen MR) is 107 cm³/mol. The van der Waals surface area contributed by atoms with E-state index in [0.29, 0.717) is 30.2 Å². The summed E-state index contributed by atoms with van der Waals surface area (Å²) in [6.07, 6.45) is 1.04. The molecule has 0 bridgehead atoms. The molecule has 1 heterocycles. The number of hydrogen-bond donors (Lipinski definition) is 2. The first-order chi connectivity index (χ1) is 11.2. The molecule has 0 aliphatic carbocycles. The smallest absolute Gasteiger partial charge is 0.191 e. The summed E-state index contributed by atoms with van der Waals surface area (Å²) in [5.74, 6) is 0.220. The van der Waals surface area contributed by atoms with E-state index in [1.54, 1.807) is 30.5 Å². The highest BCUT2D eigenvalue weighted by atomic mass is 127. The third kappa shape index (κ3) is 5.76. The average molecular weight is 458 g/mol. The van der Waals surface area contributed by atoms with E-state index in [2.05, 4.69) is 34.7 Å². The van der Waals surface area contributed by atoms with Gasteiger partial charge in [-0.1, -0.05) is 13.0 Å². The van der Waals surface area contributed by atoms with E-state index in [9.17, 15) is 4.39 Å². The molecular weight excluding hydrogens is 438 g/mol. The Morgan fingerprint density at radius 3 is 2.50 bits per heavy atom. The van der Waals surface area contributed by atoms with Gasteiger partial charge in [-0.15, -0.1) is 35.3 Å². The molecule has 0 radical (unpaired) electrons. The number of aryl methyl sites for hydroxylation is 1. The SMILES string of the molecule is CCc1ccc(CNC(=NC)NCc2ccc(C#N)cc2F)s1.I. The van der Waals surface area contributed by atoms with E-state index in [-0.39, 0.29) is 24.0 Å². The van der Waals surface area contributed by atoms with Crippen LogP contribution in [0.15, 0.2) is 35.3 Å². The van der Waals surface area contributed by atoms with Gasteiger partial charge in [0.1, 0.15) is 5.82 Å². The Bertz CT molecular complexity index is 736. The number of nitrogens with zero attached hydrogens (tertiary/aromatic N) is 2. The van der Waals surface area contributed by atoms with Crippen LogP contribution in [0.5, 0.6) is 0 Å². The van der Waals surface area contributed by atoms with Crippen LogP contribution in [-0.4, -0.2) is 13.0 Å². The van der Waals surface area contributed by atoms with Crippen LogP contribution in [0.1, 0.15) is 27.8 Å². The number of aliphatic imine (C=N–C) groups is 1. The fourth-order valence-electron chi connectivity index (χ4n) is 2.04. The van der Waals surface area contributed by atoms with E-state index < -0.39 is 5.82 Å². The van der Waals surface area contributed by atoms with Crippen molar-refractivity contribution in [3.05, 3.63) is 57.0 Å². The molecular formula is C17H20FIN4S. The quantitative estimate of drug-likeness (QED) is 0.407. The Balaban J connectivity index is 0.00000288. The average Bonchev–Trinajstić information content (AvgIpc) is 3.04. The second kappa shape index (κ2) is 10.3. The maximum absolute atomic E-state index is 13.8. The number of benzene rings is 1. The summed E-state index contributed by atoms with van der Waals surface area (Å²) >= 11 is 1.77. The van der Waals surface area contributed by atoms with Crippen molar-refractivity contribution < 1.29 is 4.39 Å². The molecule has 2 rings (SSSR count). The number of halogens is 2. The molecule has 0 fully saturated rings. The van der Waals surface area contributed by atoms with Gasteiger partial charge in [-0.25, -0.2) is 4.39 Å². The fourth-order valence-corrected chi connectivity index (χ4v) is 2.94. The van der Waals surface area contributed by atoms with Gasteiger partial charge < -0.3 is 10.6 Å². The van der Waals surface area contributed by atoms with Gasteiger partial charge in [0.15, 0.2) is 5.96 Å². The van der Waals surface area contributed by atoms with E-state index in [1.807, 2.05) is 6.07 Å². The molecule has 2 aromatic rings. The summed E-state index contributed by atoms with van der Waals surface area (Å²) in [4.78, 5) is 6.71. The number of hydrogen-bond acceptors (Lipinski definition) is 3. The van der Waals surface area contributed by atoms with Crippen molar-refractivity contribution in [3.8, 4) is 6.07 Å². The van der Waals surface area contributed by atoms with Gasteiger partial charge in [-0.2, -0.15) is 5.26 Å². The van der Waals surface area contributed by atoms with Gasteiger partial charge in [0.2, 0.25) is 0 Å². The zero-order chi connectivity index (χ0) is 16.7. The van der Waals surface area contributed by atoms with Crippen LogP contribution in [0.4, 0.5) is 4.39 Å². The van der Waals surface area contributed by atoms with E-state index in [4.69, 9.17) is 5.26 Å². The third-order valence-corrected chi connectivity index (χ3v) is 4.58. The summed E-state index contributed by atoms with van der Waals surface area (Å²) in [7, 11) is 1.68. The summed E-state index contributed by atoms with van der Waals surface area (Å²) in [6.45, 7) is 3.12. The first-order valence-corrected chi connectivity index (χ1v) is 8.18. The molecule has 0 amide bonds. The van der Waals surface area contributed by atoms with Crippen molar-refractivity contribution in [2.45, 2.75) is 26.4 Å². The molecule has 4 nitrogen and oxygen atoms in total. The Morgan fingerprint density at radius 1 is 1.21 bits per heavy atom. The van der Waals surface area contributed by atoms with Crippen LogP contribution in [0.2, 0.25) is 0 Å². The van der Waals surface area contributed by atoms with Crippen LogP contribution in [0.25, 0.3) is 0 Å². The molecule has 0 atom stereocenters. The number of thiophene rings is 1. The summed E-state index contributed by atoms with van der Waals surface area (Å²) in [5.41, 5.74) is 0.814. The first-order valence-electron chi connectivity index (χ1n) is 7.37. The van der Waals surface area contributed by atoms with Gasteiger partial charge in [0, 0.05) is 28.9 Å². The normalized spacial score (nSPS) is 10.7. The topological polar surface area (TPSA) is 60.2 Å². The Hall–Kier alpha value is -1.66. The molecule has 128 valence electrons. The fraction of sp³-hybridized carbons (Fsp3) is 0.294. The monoisotopic (exact) mass is 458 g/mol. The van der Waals surface area contributed by atoms with Crippen molar-refractivity contribution in [3.63, 3.8) is 0 Å². The van der Waals surface area contributed by atoms with Gasteiger partial charge >= 0.3 is 0 Å². The molecule has 0 saturated carbocycles. The number of nitrogens with one attached hydrogen (secondary N) is 2. The molecule has 7 heteroatoms. The van der Waals surface area contributed by atoms with E-state index in [0.717, 1.165) is 6.42 Å². The second-order valence-electron chi connectivity index (χ2n) is 4.92. The minimum Gasteiger partial charge on any atom is -0.352 e. The lowest BCUT2D eigenvalue weighted by Crippen LogP contribution is -2.36. The second-order valence-corrected chi connectivity index (χ2v) is 6.17. The largest absolute Gasteiger partial charge is 0.352 e. The zero-order valence-electron chi connectivity index (χ0n) is 13.6. The predicted octanol–water partition coefficient (Wildman–Crippen LogP) is 3.80. The minimum absolute atomic E-state index is 0.